The molecule has 0 atom stereocenters. The van der Waals surface area contributed by atoms with Crippen molar-refractivity contribution >= 4 is 16.1 Å². The number of carbonyl (C=O) groups excluding carboxylic acids is 1. The molecule has 0 bridgehead atoms. The van der Waals surface area contributed by atoms with Crippen LogP contribution in [0.1, 0.15) is 16.7 Å². The molecule has 1 aromatic carbocycles. The van der Waals surface area contributed by atoms with Crippen molar-refractivity contribution in [2.24, 2.45) is 0 Å². The molecule has 0 spiro atoms. The minimum atomic E-state index is -3.55. The van der Waals surface area contributed by atoms with Crippen LogP contribution in [-0.4, -0.2) is 54.8 Å². The zero-order chi connectivity index (χ0) is 19.4. The first-order chi connectivity index (χ1) is 12.9. The highest BCUT2D eigenvalue weighted by atomic mass is 32.2. The van der Waals surface area contributed by atoms with Gasteiger partial charge in [-0.3, -0.25) is 4.98 Å². The average Bonchev–Trinajstić information content (AvgIpc) is 2.66. The van der Waals surface area contributed by atoms with Crippen LogP contribution in [-0.2, 0) is 16.6 Å². The van der Waals surface area contributed by atoms with Gasteiger partial charge in [0.25, 0.3) is 0 Å². The molecule has 3 rings (SSSR count). The monoisotopic (exact) mass is 388 g/mol. The number of nitrogens with zero attached hydrogens (tertiary/aromatic N) is 3. The molecule has 1 aliphatic rings. The number of amides is 2. The maximum Gasteiger partial charge on any atom is 0.317 e. The van der Waals surface area contributed by atoms with Gasteiger partial charge in [0.05, 0.1) is 4.90 Å². The number of hydrogen-bond donors (Lipinski definition) is 1. The van der Waals surface area contributed by atoms with E-state index >= 15 is 0 Å². The predicted molar refractivity (Wildman–Crippen MR) is 103 cm³/mol. The van der Waals surface area contributed by atoms with Crippen LogP contribution < -0.4 is 5.32 Å². The Kier molecular flexibility index (Phi) is 5.76. The molecule has 0 unspecified atom stereocenters. The third kappa shape index (κ3) is 4.45. The van der Waals surface area contributed by atoms with E-state index in [1.807, 2.05) is 38.1 Å². The first kappa shape index (κ1) is 19.3. The molecular formula is C19H24N4O3S. The van der Waals surface area contributed by atoms with Crippen LogP contribution in [0.5, 0.6) is 0 Å². The molecule has 2 amide bonds. The van der Waals surface area contributed by atoms with Gasteiger partial charge in [0, 0.05) is 45.1 Å². The van der Waals surface area contributed by atoms with E-state index in [2.05, 4.69) is 10.3 Å². The summed E-state index contributed by atoms with van der Waals surface area (Å²) in [6.45, 7) is 5.44. The summed E-state index contributed by atoms with van der Waals surface area (Å²) < 4.78 is 27.3. The summed E-state index contributed by atoms with van der Waals surface area (Å²) in [5, 5.41) is 2.85. The van der Waals surface area contributed by atoms with E-state index in [-0.39, 0.29) is 19.1 Å². The van der Waals surface area contributed by atoms with E-state index in [1.165, 1.54) is 4.31 Å². The van der Waals surface area contributed by atoms with E-state index in [4.69, 9.17) is 0 Å². The van der Waals surface area contributed by atoms with Crippen molar-refractivity contribution in [3.63, 3.8) is 0 Å². The number of sulfonamides is 1. The molecule has 1 saturated heterocycles. The molecule has 0 radical (unpaired) electrons. The van der Waals surface area contributed by atoms with Crippen LogP contribution >= 0.6 is 0 Å². The number of nitrogens with one attached hydrogen (secondary N) is 1. The molecule has 2 aromatic rings. The summed E-state index contributed by atoms with van der Waals surface area (Å²) in [6, 6.07) is 8.85. The molecule has 0 saturated carbocycles. The van der Waals surface area contributed by atoms with Crippen molar-refractivity contribution in [2.75, 3.05) is 26.2 Å². The van der Waals surface area contributed by atoms with Crippen LogP contribution in [0.4, 0.5) is 4.79 Å². The second-order valence-electron chi connectivity index (χ2n) is 6.68. The Labute approximate surface area is 160 Å². The van der Waals surface area contributed by atoms with E-state index in [0.29, 0.717) is 24.5 Å². The number of carbonyl (C=O) groups is 1. The smallest absolute Gasteiger partial charge is 0.317 e. The predicted octanol–water partition coefficient (Wildman–Crippen LogP) is 1.91. The molecule has 0 aliphatic carbocycles. The lowest BCUT2D eigenvalue weighted by atomic mass is 10.2. The van der Waals surface area contributed by atoms with E-state index in [0.717, 1.165) is 16.7 Å². The Morgan fingerprint density at radius 1 is 1.15 bits per heavy atom. The van der Waals surface area contributed by atoms with Gasteiger partial charge in [0.1, 0.15) is 0 Å². The molecule has 1 fully saturated rings. The van der Waals surface area contributed by atoms with Gasteiger partial charge >= 0.3 is 6.03 Å². The van der Waals surface area contributed by atoms with Gasteiger partial charge in [-0.25, -0.2) is 13.2 Å². The highest BCUT2D eigenvalue weighted by Crippen LogP contribution is 2.22. The summed E-state index contributed by atoms with van der Waals surface area (Å²) in [5.74, 6) is 0. The average molecular weight is 388 g/mol. The first-order valence-electron chi connectivity index (χ1n) is 8.87. The summed E-state index contributed by atoms with van der Waals surface area (Å²) in [5.41, 5.74) is 2.69. The number of benzene rings is 1. The van der Waals surface area contributed by atoms with E-state index < -0.39 is 10.0 Å². The Balaban J connectivity index is 1.58. The molecule has 2 heterocycles. The first-order valence-corrected chi connectivity index (χ1v) is 10.3. The maximum atomic E-state index is 12.9. The van der Waals surface area contributed by atoms with Gasteiger partial charge in [-0.15, -0.1) is 0 Å². The zero-order valence-corrected chi connectivity index (χ0v) is 16.4. The van der Waals surface area contributed by atoms with E-state index in [9.17, 15) is 13.2 Å². The molecule has 7 nitrogen and oxygen atoms in total. The third-order valence-corrected chi connectivity index (χ3v) is 6.70. The number of aromatic nitrogens is 1. The number of aryl methyl sites for hydroxylation is 2. The standard InChI is InChI=1S/C19H24N4O3S/c1-15-5-6-18(16(2)12-15)27(25,26)23-10-8-22(9-11-23)19(24)21-14-17-4-3-7-20-13-17/h3-7,12-13H,8-11,14H2,1-2H3,(H,21,24). The van der Waals surface area contributed by atoms with Crippen LogP contribution in [0.2, 0.25) is 0 Å². The summed E-state index contributed by atoms with van der Waals surface area (Å²) in [7, 11) is -3.55. The SMILES string of the molecule is Cc1ccc(S(=O)(=O)N2CCN(C(=O)NCc3cccnc3)CC2)c(C)c1. The summed E-state index contributed by atoms with van der Waals surface area (Å²) in [6.07, 6.45) is 3.38. The van der Waals surface area contributed by atoms with Crippen LogP contribution in [0, 0.1) is 13.8 Å². The Hall–Kier alpha value is -2.45. The number of pyridine rings is 1. The van der Waals surface area contributed by atoms with Gasteiger partial charge in [-0.05, 0) is 37.1 Å². The van der Waals surface area contributed by atoms with Gasteiger partial charge in [-0.2, -0.15) is 4.31 Å². The number of hydrogen-bond acceptors (Lipinski definition) is 4. The fourth-order valence-electron chi connectivity index (χ4n) is 3.15. The Morgan fingerprint density at radius 3 is 2.52 bits per heavy atom. The molecule has 8 heteroatoms. The lowest BCUT2D eigenvalue weighted by molar-refractivity contribution is 0.172. The molecule has 27 heavy (non-hydrogen) atoms. The Bertz CT molecular complexity index is 908. The molecule has 1 aliphatic heterocycles. The fourth-order valence-corrected chi connectivity index (χ4v) is 4.78. The topological polar surface area (TPSA) is 82.6 Å². The Morgan fingerprint density at radius 2 is 1.89 bits per heavy atom. The highest BCUT2D eigenvalue weighted by molar-refractivity contribution is 7.89. The zero-order valence-electron chi connectivity index (χ0n) is 15.6. The van der Waals surface area contributed by atoms with Gasteiger partial charge in [-0.1, -0.05) is 23.8 Å². The summed E-state index contributed by atoms with van der Waals surface area (Å²) in [4.78, 5) is 18.3. The van der Waals surface area contributed by atoms with Crippen LogP contribution in [0.3, 0.4) is 0 Å². The van der Waals surface area contributed by atoms with Crippen molar-refractivity contribution in [1.82, 2.24) is 19.5 Å². The molecular weight excluding hydrogens is 364 g/mol. The number of urea groups is 1. The lowest BCUT2D eigenvalue weighted by Crippen LogP contribution is -2.53. The summed E-state index contributed by atoms with van der Waals surface area (Å²) >= 11 is 0. The quantitative estimate of drug-likeness (QED) is 0.867. The number of piperazine rings is 1. The van der Waals surface area contributed by atoms with Gasteiger partial charge < -0.3 is 10.2 Å². The fraction of sp³-hybridized carbons (Fsp3) is 0.368. The second-order valence-corrected chi connectivity index (χ2v) is 8.59. The van der Waals surface area contributed by atoms with Crippen molar-refractivity contribution in [3.8, 4) is 0 Å². The molecule has 144 valence electrons. The molecule has 1 N–H and O–H groups in total. The minimum Gasteiger partial charge on any atom is -0.334 e. The minimum absolute atomic E-state index is 0.192. The van der Waals surface area contributed by atoms with Crippen molar-refractivity contribution in [3.05, 3.63) is 59.4 Å². The second kappa shape index (κ2) is 8.06. The van der Waals surface area contributed by atoms with E-state index in [1.54, 1.807) is 23.4 Å². The van der Waals surface area contributed by atoms with Crippen molar-refractivity contribution in [2.45, 2.75) is 25.3 Å². The van der Waals surface area contributed by atoms with Crippen LogP contribution in [0.15, 0.2) is 47.6 Å². The van der Waals surface area contributed by atoms with Crippen molar-refractivity contribution in [1.29, 1.82) is 0 Å². The maximum absolute atomic E-state index is 12.9. The highest BCUT2D eigenvalue weighted by Gasteiger charge is 2.30. The third-order valence-electron chi connectivity index (χ3n) is 4.64. The lowest BCUT2D eigenvalue weighted by Gasteiger charge is -2.34. The van der Waals surface area contributed by atoms with Gasteiger partial charge in [0.2, 0.25) is 10.0 Å². The largest absolute Gasteiger partial charge is 0.334 e. The molecule has 1 aromatic heterocycles. The number of rotatable bonds is 4. The van der Waals surface area contributed by atoms with Crippen LogP contribution in [0.25, 0.3) is 0 Å². The normalized spacial score (nSPS) is 15.6. The van der Waals surface area contributed by atoms with Crippen molar-refractivity contribution < 1.29 is 13.2 Å². The van der Waals surface area contributed by atoms with Gasteiger partial charge in [0.15, 0.2) is 0 Å².